The van der Waals surface area contributed by atoms with E-state index in [1.807, 2.05) is 0 Å². The lowest BCUT2D eigenvalue weighted by atomic mass is 10.2. The molecule has 3 rings (SSSR count). The number of hydrogen-bond acceptors (Lipinski definition) is 5. The number of benzene rings is 1. The average molecular weight is 395 g/mol. The quantitative estimate of drug-likeness (QED) is 0.614. The van der Waals surface area contributed by atoms with Crippen LogP contribution in [0.3, 0.4) is 0 Å². The third-order valence-electron chi connectivity index (χ3n) is 4.23. The first-order chi connectivity index (χ1) is 12.8. The van der Waals surface area contributed by atoms with Gasteiger partial charge in [-0.2, -0.15) is 0 Å². The lowest BCUT2D eigenvalue weighted by Crippen LogP contribution is -2.39. The number of H-pyrrole nitrogens is 1. The molecule has 0 aliphatic carbocycles. The highest BCUT2D eigenvalue weighted by molar-refractivity contribution is 6.30. The molecule has 10 heteroatoms. The lowest BCUT2D eigenvalue weighted by molar-refractivity contribution is -0.0178. The van der Waals surface area contributed by atoms with E-state index in [0.29, 0.717) is 16.3 Å². The van der Waals surface area contributed by atoms with Crippen molar-refractivity contribution < 1.29 is 14.6 Å². The summed E-state index contributed by atoms with van der Waals surface area (Å²) in [4.78, 5) is 37.6. The first-order valence-electron chi connectivity index (χ1n) is 8.29. The van der Waals surface area contributed by atoms with E-state index in [2.05, 4.69) is 15.6 Å². The van der Waals surface area contributed by atoms with Gasteiger partial charge in [-0.25, -0.2) is 9.59 Å². The molecular formula is C17H19ClN4O5. The Morgan fingerprint density at radius 1 is 1.37 bits per heavy atom. The predicted octanol–water partition coefficient (Wildman–Crippen LogP) is 0.969. The van der Waals surface area contributed by atoms with E-state index in [-0.39, 0.29) is 13.0 Å². The fraction of sp³-hybridized carbons (Fsp3) is 0.353. The van der Waals surface area contributed by atoms with Crippen molar-refractivity contribution in [1.29, 1.82) is 0 Å². The molecule has 1 aromatic carbocycles. The number of hydrogen-bond donors (Lipinski definition) is 4. The Morgan fingerprint density at radius 3 is 2.78 bits per heavy atom. The van der Waals surface area contributed by atoms with Crippen LogP contribution in [0.15, 0.2) is 40.1 Å². The van der Waals surface area contributed by atoms with Gasteiger partial charge in [0.2, 0.25) is 0 Å². The first-order valence-corrected chi connectivity index (χ1v) is 8.67. The number of nitrogens with one attached hydrogen (secondary N) is 3. The van der Waals surface area contributed by atoms with Gasteiger partial charge < -0.3 is 20.5 Å². The summed E-state index contributed by atoms with van der Waals surface area (Å²) in [5, 5.41) is 16.0. The van der Waals surface area contributed by atoms with Crippen molar-refractivity contribution in [3.63, 3.8) is 0 Å². The molecule has 1 aliphatic rings. The molecule has 0 unspecified atom stereocenters. The zero-order valence-electron chi connectivity index (χ0n) is 14.4. The number of rotatable bonds is 4. The molecule has 2 heterocycles. The highest BCUT2D eigenvalue weighted by atomic mass is 35.5. The van der Waals surface area contributed by atoms with Gasteiger partial charge in [0, 0.05) is 35.4 Å². The van der Waals surface area contributed by atoms with Gasteiger partial charge in [0.15, 0.2) is 0 Å². The summed E-state index contributed by atoms with van der Waals surface area (Å²) in [6.07, 6.45) is -0.734. The van der Waals surface area contributed by atoms with Crippen LogP contribution in [-0.4, -0.2) is 39.4 Å². The Morgan fingerprint density at radius 2 is 2.07 bits per heavy atom. The standard InChI is InChI=1S/C17H19ClN4O5/c1-9-8-22(17(26)21-15(9)24)14-6-12(23)13(27-14)7-19-16(25)20-11-4-2-10(18)3-5-11/h2-5,8,12-14,23H,6-7H2,1H3,(H2,19,20,25)(H,21,24,26)/t12-,13+,14-/m0/s1. The average Bonchev–Trinajstić information content (AvgIpc) is 2.99. The van der Waals surface area contributed by atoms with Crippen molar-refractivity contribution in [2.45, 2.75) is 31.8 Å². The van der Waals surface area contributed by atoms with E-state index in [4.69, 9.17) is 16.3 Å². The molecule has 144 valence electrons. The van der Waals surface area contributed by atoms with Crippen LogP contribution in [0.25, 0.3) is 0 Å². The first kappa shape index (κ1) is 19.2. The third-order valence-corrected chi connectivity index (χ3v) is 4.48. The van der Waals surface area contributed by atoms with Crippen LogP contribution in [0, 0.1) is 6.92 Å². The number of nitrogens with zero attached hydrogens (tertiary/aromatic N) is 1. The number of ether oxygens (including phenoxy) is 1. The molecule has 1 aromatic heterocycles. The number of urea groups is 1. The topological polar surface area (TPSA) is 125 Å². The summed E-state index contributed by atoms with van der Waals surface area (Å²) in [5.74, 6) is 0. The van der Waals surface area contributed by atoms with Crippen molar-refractivity contribution in [2.24, 2.45) is 0 Å². The van der Waals surface area contributed by atoms with Crippen molar-refractivity contribution in [2.75, 3.05) is 11.9 Å². The van der Waals surface area contributed by atoms with Crippen LogP contribution < -0.4 is 21.9 Å². The van der Waals surface area contributed by atoms with Crippen LogP contribution in [0.4, 0.5) is 10.5 Å². The Balaban J connectivity index is 1.58. The molecule has 3 atom stereocenters. The van der Waals surface area contributed by atoms with Crippen LogP contribution in [0.1, 0.15) is 18.2 Å². The van der Waals surface area contributed by atoms with E-state index in [9.17, 15) is 19.5 Å². The fourth-order valence-corrected chi connectivity index (χ4v) is 2.90. The number of aromatic nitrogens is 2. The highest BCUT2D eigenvalue weighted by Crippen LogP contribution is 2.27. The molecule has 0 saturated carbocycles. The van der Waals surface area contributed by atoms with E-state index in [1.54, 1.807) is 31.2 Å². The summed E-state index contributed by atoms with van der Waals surface area (Å²) in [5.41, 5.74) is -0.154. The molecule has 0 radical (unpaired) electrons. The van der Waals surface area contributed by atoms with E-state index < -0.39 is 35.7 Å². The smallest absolute Gasteiger partial charge is 0.330 e. The van der Waals surface area contributed by atoms with Gasteiger partial charge in [-0.1, -0.05) is 11.6 Å². The third kappa shape index (κ3) is 4.57. The molecule has 1 saturated heterocycles. The van der Waals surface area contributed by atoms with Crippen molar-refractivity contribution in [1.82, 2.24) is 14.9 Å². The minimum absolute atomic E-state index is 0.0498. The molecule has 4 N–H and O–H groups in total. The monoisotopic (exact) mass is 394 g/mol. The van der Waals surface area contributed by atoms with Gasteiger partial charge in [-0.15, -0.1) is 0 Å². The summed E-state index contributed by atoms with van der Waals surface area (Å²) in [7, 11) is 0. The zero-order chi connectivity index (χ0) is 19.6. The van der Waals surface area contributed by atoms with Gasteiger partial charge >= 0.3 is 11.7 Å². The van der Waals surface area contributed by atoms with Gasteiger partial charge in [0.25, 0.3) is 5.56 Å². The van der Waals surface area contributed by atoms with E-state index >= 15 is 0 Å². The van der Waals surface area contributed by atoms with Crippen LogP contribution in [0.5, 0.6) is 0 Å². The fourth-order valence-electron chi connectivity index (χ4n) is 2.77. The Bertz CT molecular complexity index is 940. The van der Waals surface area contributed by atoms with Crippen molar-refractivity contribution >= 4 is 23.3 Å². The number of aliphatic hydroxyl groups excluding tert-OH is 1. The second kappa shape index (κ2) is 7.95. The minimum atomic E-state index is -0.870. The van der Waals surface area contributed by atoms with Crippen LogP contribution in [0.2, 0.25) is 5.02 Å². The molecule has 1 aliphatic heterocycles. The minimum Gasteiger partial charge on any atom is -0.390 e. The number of aryl methyl sites for hydroxylation is 1. The summed E-state index contributed by atoms with van der Waals surface area (Å²) >= 11 is 5.79. The molecule has 0 spiro atoms. The number of amides is 2. The van der Waals surface area contributed by atoms with Gasteiger partial charge in [0.1, 0.15) is 12.3 Å². The maximum absolute atomic E-state index is 12.0. The van der Waals surface area contributed by atoms with Gasteiger partial charge in [0.05, 0.1) is 6.10 Å². The number of carbonyl (C=O) groups excluding carboxylic acids is 1. The summed E-state index contributed by atoms with van der Waals surface area (Å²) in [6, 6.07) is 6.15. The summed E-state index contributed by atoms with van der Waals surface area (Å²) < 4.78 is 6.91. The second-order valence-corrected chi connectivity index (χ2v) is 6.69. The molecule has 9 nitrogen and oxygen atoms in total. The number of aliphatic hydroxyl groups is 1. The van der Waals surface area contributed by atoms with E-state index in [0.717, 1.165) is 0 Å². The molecule has 27 heavy (non-hydrogen) atoms. The second-order valence-electron chi connectivity index (χ2n) is 6.25. The molecular weight excluding hydrogens is 376 g/mol. The van der Waals surface area contributed by atoms with Crippen LogP contribution in [-0.2, 0) is 4.74 Å². The molecule has 1 fully saturated rings. The highest BCUT2D eigenvalue weighted by Gasteiger charge is 2.35. The summed E-state index contributed by atoms with van der Waals surface area (Å²) in [6.45, 7) is 1.62. The Labute approximate surface area is 158 Å². The van der Waals surface area contributed by atoms with Crippen molar-refractivity contribution in [3.05, 3.63) is 61.9 Å². The largest absolute Gasteiger partial charge is 0.390 e. The normalized spacial score (nSPS) is 21.8. The maximum Gasteiger partial charge on any atom is 0.330 e. The predicted molar refractivity (Wildman–Crippen MR) is 99.1 cm³/mol. The molecule has 0 bridgehead atoms. The molecule has 2 aromatic rings. The number of carbonyl (C=O) groups is 1. The Kier molecular flexibility index (Phi) is 5.64. The SMILES string of the molecule is Cc1cn([C@@H]2C[C@H](O)[C@@H](CNC(=O)Nc3ccc(Cl)cc3)O2)c(=O)[nH]c1=O. The van der Waals surface area contributed by atoms with Crippen LogP contribution >= 0.6 is 11.6 Å². The number of anilines is 1. The van der Waals surface area contributed by atoms with Gasteiger partial charge in [-0.05, 0) is 31.2 Å². The van der Waals surface area contributed by atoms with Crippen molar-refractivity contribution in [3.8, 4) is 0 Å². The zero-order valence-corrected chi connectivity index (χ0v) is 15.2. The Hall–Kier alpha value is -2.62. The molecule has 2 amide bonds. The lowest BCUT2D eigenvalue weighted by Gasteiger charge is -2.17. The number of aromatic amines is 1. The maximum atomic E-state index is 12.0. The van der Waals surface area contributed by atoms with Gasteiger partial charge in [-0.3, -0.25) is 14.3 Å². The number of halogens is 1. The van der Waals surface area contributed by atoms with E-state index in [1.165, 1.54) is 10.8 Å².